The average Bonchev–Trinajstić information content (AvgIpc) is 3.02. The molecule has 1 unspecified atom stereocenters. The maximum atomic E-state index is 11.9. The van der Waals surface area contributed by atoms with Crippen molar-refractivity contribution in [3.8, 4) is 0 Å². The Kier molecular flexibility index (Phi) is 10.3. The van der Waals surface area contributed by atoms with E-state index in [0.717, 1.165) is 37.8 Å². The van der Waals surface area contributed by atoms with E-state index in [1.807, 2.05) is 38.6 Å². The van der Waals surface area contributed by atoms with Crippen LogP contribution >= 0.6 is 35.7 Å². The molecule has 1 aliphatic heterocycles. The van der Waals surface area contributed by atoms with E-state index in [-0.39, 0.29) is 36.1 Å². The van der Waals surface area contributed by atoms with Crippen LogP contribution in [0.15, 0.2) is 40.2 Å². The molecule has 1 aliphatic rings. The summed E-state index contributed by atoms with van der Waals surface area (Å²) in [5, 5.41) is 6.35. The van der Waals surface area contributed by atoms with Gasteiger partial charge in [0.05, 0.1) is 6.04 Å². The third-order valence-electron chi connectivity index (χ3n) is 3.82. The van der Waals surface area contributed by atoms with Gasteiger partial charge in [0.25, 0.3) is 0 Å². The van der Waals surface area contributed by atoms with E-state index in [9.17, 15) is 4.79 Å². The van der Waals surface area contributed by atoms with Crippen molar-refractivity contribution in [1.29, 1.82) is 0 Å². The van der Waals surface area contributed by atoms with Gasteiger partial charge in [-0.15, -0.1) is 35.7 Å². The summed E-state index contributed by atoms with van der Waals surface area (Å²) in [6.45, 7) is 8.05. The number of carbonyl (C=O) groups is 1. The SMILES string of the molecule is CN=C(NCCSc1ccccc1)N1CCC(NC(=O)OC(C)(C)C)C1.I. The van der Waals surface area contributed by atoms with Crippen molar-refractivity contribution in [1.82, 2.24) is 15.5 Å². The molecule has 6 nitrogen and oxygen atoms in total. The Bertz CT molecular complexity index is 607. The van der Waals surface area contributed by atoms with Crippen molar-refractivity contribution < 1.29 is 9.53 Å². The van der Waals surface area contributed by atoms with Gasteiger partial charge in [-0.25, -0.2) is 4.79 Å². The normalized spacial score (nSPS) is 17.3. The van der Waals surface area contributed by atoms with Crippen molar-refractivity contribution >= 4 is 47.8 Å². The monoisotopic (exact) mass is 506 g/mol. The molecule has 0 spiro atoms. The molecule has 0 bridgehead atoms. The summed E-state index contributed by atoms with van der Waals surface area (Å²) < 4.78 is 5.33. The molecule has 1 saturated heterocycles. The molecular weight excluding hydrogens is 475 g/mol. The number of hydrogen-bond acceptors (Lipinski definition) is 4. The molecule has 0 aliphatic carbocycles. The largest absolute Gasteiger partial charge is 0.444 e. The number of alkyl carbamates (subject to hydrolysis) is 1. The molecule has 2 N–H and O–H groups in total. The highest BCUT2D eigenvalue weighted by Crippen LogP contribution is 2.16. The van der Waals surface area contributed by atoms with E-state index in [1.165, 1.54) is 4.90 Å². The lowest BCUT2D eigenvalue weighted by Crippen LogP contribution is -2.44. The lowest BCUT2D eigenvalue weighted by atomic mass is 10.2. The van der Waals surface area contributed by atoms with E-state index in [2.05, 4.69) is 44.8 Å². The highest BCUT2D eigenvalue weighted by molar-refractivity contribution is 14.0. The minimum absolute atomic E-state index is 0. The number of hydrogen-bond donors (Lipinski definition) is 2. The third-order valence-corrected chi connectivity index (χ3v) is 4.83. The maximum absolute atomic E-state index is 11.9. The molecule has 27 heavy (non-hydrogen) atoms. The van der Waals surface area contributed by atoms with Gasteiger partial charge in [0.2, 0.25) is 0 Å². The van der Waals surface area contributed by atoms with E-state index in [0.29, 0.717) is 0 Å². The topological polar surface area (TPSA) is 66.0 Å². The molecule has 2 rings (SSSR count). The number of likely N-dealkylation sites (tertiary alicyclic amines) is 1. The van der Waals surface area contributed by atoms with Gasteiger partial charge in [-0.1, -0.05) is 18.2 Å². The zero-order valence-electron chi connectivity index (χ0n) is 16.5. The number of ether oxygens (including phenoxy) is 1. The van der Waals surface area contributed by atoms with Gasteiger partial charge in [0, 0.05) is 37.3 Å². The maximum Gasteiger partial charge on any atom is 0.407 e. The Labute approximate surface area is 183 Å². The number of halogens is 1. The zero-order chi connectivity index (χ0) is 19.0. The number of aliphatic imine (C=N–C) groups is 1. The van der Waals surface area contributed by atoms with Crippen LogP contribution in [0, 0.1) is 0 Å². The lowest BCUT2D eigenvalue weighted by Gasteiger charge is -2.23. The van der Waals surface area contributed by atoms with Crippen molar-refractivity contribution in [2.45, 2.75) is 43.7 Å². The molecule has 0 aromatic heterocycles. The first-order chi connectivity index (χ1) is 12.4. The van der Waals surface area contributed by atoms with E-state index >= 15 is 0 Å². The number of amides is 1. The average molecular weight is 506 g/mol. The van der Waals surface area contributed by atoms with Crippen molar-refractivity contribution in [2.24, 2.45) is 4.99 Å². The number of rotatable bonds is 5. The Morgan fingerprint density at radius 2 is 2.04 bits per heavy atom. The van der Waals surface area contributed by atoms with Gasteiger partial charge in [-0.2, -0.15) is 0 Å². The molecule has 0 saturated carbocycles. The van der Waals surface area contributed by atoms with Crippen molar-refractivity contribution in [3.05, 3.63) is 30.3 Å². The standard InChI is InChI=1S/C19H30N4O2S.HI/c1-19(2,3)25-18(24)22-15-10-12-23(14-15)17(20-4)21-11-13-26-16-8-6-5-7-9-16;/h5-9,15H,10-14H2,1-4H3,(H,20,21)(H,22,24);1H. The highest BCUT2D eigenvalue weighted by Gasteiger charge is 2.27. The van der Waals surface area contributed by atoms with Gasteiger partial charge < -0.3 is 20.3 Å². The number of nitrogens with one attached hydrogen (secondary N) is 2. The lowest BCUT2D eigenvalue weighted by molar-refractivity contribution is 0.0507. The minimum atomic E-state index is -0.476. The van der Waals surface area contributed by atoms with Crippen LogP contribution in [-0.2, 0) is 4.74 Å². The summed E-state index contributed by atoms with van der Waals surface area (Å²) in [5.74, 6) is 1.85. The predicted molar refractivity (Wildman–Crippen MR) is 123 cm³/mol. The zero-order valence-corrected chi connectivity index (χ0v) is 19.7. The summed E-state index contributed by atoms with van der Waals surface area (Å²) in [4.78, 5) is 19.7. The molecule has 1 amide bonds. The summed E-state index contributed by atoms with van der Waals surface area (Å²) >= 11 is 1.82. The molecule has 1 atom stereocenters. The fourth-order valence-electron chi connectivity index (χ4n) is 2.73. The molecule has 1 aromatic carbocycles. The van der Waals surface area contributed by atoms with Crippen molar-refractivity contribution in [2.75, 3.05) is 32.4 Å². The van der Waals surface area contributed by atoms with Gasteiger partial charge >= 0.3 is 6.09 Å². The van der Waals surface area contributed by atoms with Crippen LogP contribution in [0.5, 0.6) is 0 Å². The first-order valence-corrected chi connectivity index (χ1v) is 9.99. The number of guanidine groups is 1. The van der Waals surface area contributed by atoms with Crippen molar-refractivity contribution in [3.63, 3.8) is 0 Å². The molecule has 8 heteroatoms. The van der Waals surface area contributed by atoms with E-state index in [1.54, 1.807) is 7.05 Å². The number of nitrogens with zero attached hydrogens (tertiary/aromatic N) is 2. The second-order valence-electron chi connectivity index (χ2n) is 7.21. The summed E-state index contributed by atoms with van der Waals surface area (Å²) in [5.41, 5.74) is -0.476. The molecule has 1 heterocycles. The quantitative estimate of drug-likeness (QED) is 0.210. The molecule has 0 radical (unpaired) electrons. The van der Waals surface area contributed by atoms with E-state index in [4.69, 9.17) is 4.74 Å². The Hall–Kier alpha value is -1.16. The third kappa shape index (κ3) is 9.05. The number of benzene rings is 1. The first-order valence-electron chi connectivity index (χ1n) is 9.00. The van der Waals surface area contributed by atoms with Gasteiger partial charge in [0.15, 0.2) is 5.96 Å². The van der Waals surface area contributed by atoms with Gasteiger partial charge in [-0.3, -0.25) is 4.99 Å². The Morgan fingerprint density at radius 3 is 2.67 bits per heavy atom. The molecular formula is C19H31IN4O2S. The fourth-order valence-corrected chi connectivity index (χ4v) is 3.51. The van der Waals surface area contributed by atoms with Crippen LogP contribution in [-0.4, -0.2) is 61.0 Å². The fraction of sp³-hybridized carbons (Fsp3) is 0.579. The van der Waals surface area contributed by atoms with Crippen LogP contribution in [0.25, 0.3) is 0 Å². The van der Waals surface area contributed by atoms with Crippen LogP contribution in [0.1, 0.15) is 27.2 Å². The van der Waals surface area contributed by atoms with Gasteiger partial charge in [0.1, 0.15) is 5.60 Å². The van der Waals surface area contributed by atoms with Gasteiger partial charge in [-0.05, 0) is 39.3 Å². The molecule has 1 aromatic rings. The number of carbonyl (C=O) groups excluding carboxylic acids is 1. The first kappa shape index (κ1) is 23.9. The number of thioether (sulfide) groups is 1. The van der Waals surface area contributed by atoms with Crippen LogP contribution in [0.2, 0.25) is 0 Å². The minimum Gasteiger partial charge on any atom is -0.444 e. The van der Waals surface area contributed by atoms with Crippen LogP contribution in [0.3, 0.4) is 0 Å². The van der Waals surface area contributed by atoms with E-state index < -0.39 is 5.60 Å². The van der Waals surface area contributed by atoms with Crippen LogP contribution < -0.4 is 10.6 Å². The predicted octanol–water partition coefficient (Wildman–Crippen LogP) is 3.57. The highest BCUT2D eigenvalue weighted by atomic mass is 127. The Morgan fingerprint density at radius 1 is 1.33 bits per heavy atom. The molecule has 1 fully saturated rings. The molecule has 152 valence electrons. The second-order valence-corrected chi connectivity index (χ2v) is 8.38. The second kappa shape index (κ2) is 11.6. The smallest absolute Gasteiger partial charge is 0.407 e. The summed E-state index contributed by atoms with van der Waals surface area (Å²) in [6, 6.07) is 10.5. The Balaban J connectivity index is 0.00000364. The van der Waals surface area contributed by atoms with Crippen LogP contribution in [0.4, 0.5) is 4.79 Å². The summed E-state index contributed by atoms with van der Waals surface area (Å²) in [7, 11) is 1.79. The summed E-state index contributed by atoms with van der Waals surface area (Å²) in [6.07, 6.45) is 0.533.